The quantitative estimate of drug-likeness (QED) is 0.464. The van der Waals surface area contributed by atoms with Crippen molar-refractivity contribution in [2.45, 2.75) is 43.7 Å². The molecular weight excluding hydrogens is 453 g/mol. The van der Waals surface area contributed by atoms with E-state index in [1.165, 1.54) is 44.7 Å². The third kappa shape index (κ3) is 3.76. The molecule has 2 aromatic heterocycles. The second-order valence-electron chi connectivity index (χ2n) is 8.25. The maximum Gasteiger partial charge on any atom is 0.335 e. The lowest BCUT2D eigenvalue weighted by atomic mass is 10.2. The lowest BCUT2D eigenvalue weighted by Crippen LogP contribution is -2.34. The van der Waals surface area contributed by atoms with Crippen LogP contribution in [0.25, 0.3) is 16.2 Å². The Morgan fingerprint density at radius 2 is 1.84 bits per heavy atom. The van der Waals surface area contributed by atoms with Crippen molar-refractivity contribution in [2.75, 3.05) is 0 Å². The summed E-state index contributed by atoms with van der Waals surface area (Å²) in [6.07, 6.45) is 1.58. The van der Waals surface area contributed by atoms with Crippen molar-refractivity contribution < 1.29 is 12.8 Å². The van der Waals surface area contributed by atoms with E-state index in [9.17, 15) is 17.6 Å². The van der Waals surface area contributed by atoms with Crippen molar-refractivity contribution in [2.24, 2.45) is 0 Å². The number of aryl methyl sites for hydroxylation is 1. The van der Waals surface area contributed by atoms with Gasteiger partial charge in [-0.1, -0.05) is 23.5 Å². The SMILES string of the molecule is Cc1nnc(-n2c(=O)n(Cc3ccc(F)cc3)c3ccc(S(=O)(=O)NC4(C)CC4)cc32)s1. The summed E-state index contributed by atoms with van der Waals surface area (Å²) in [6, 6.07) is 10.5. The zero-order valence-corrected chi connectivity index (χ0v) is 19.0. The van der Waals surface area contributed by atoms with Gasteiger partial charge >= 0.3 is 5.69 Å². The minimum absolute atomic E-state index is 0.0760. The van der Waals surface area contributed by atoms with E-state index in [0.717, 1.165) is 18.4 Å². The van der Waals surface area contributed by atoms with Gasteiger partial charge in [0.1, 0.15) is 10.8 Å². The number of rotatable bonds is 6. The maximum atomic E-state index is 13.4. The van der Waals surface area contributed by atoms with E-state index in [1.807, 2.05) is 6.92 Å². The summed E-state index contributed by atoms with van der Waals surface area (Å²) in [5.41, 5.74) is 0.900. The van der Waals surface area contributed by atoms with E-state index in [0.29, 0.717) is 21.2 Å². The van der Waals surface area contributed by atoms with Crippen LogP contribution < -0.4 is 10.4 Å². The number of aromatic nitrogens is 4. The van der Waals surface area contributed by atoms with Crippen molar-refractivity contribution in [1.82, 2.24) is 24.1 Å². The minimum Gasteiger partial charge on any atom is -0.287 e. The Morgan fingerprint density at radius 1 is 1.12 bits per heavy atom. The van der Waals surface area contributed by atoms with Gasteiger partial charge in [0.25, 0.3) is 0 Å². The molecule has 0 unspecified atom stereocenters. The molecule has 0 spiro atoms. The highest BCUT2D eigenvalue weighted by molar-refractivity contribution is 7.89. The zero-order valence-electron chi connectivity index (χ0n) is 17.4. The second-order valence-corrected chi connectivity index (χ2v) is 11.1. The van der Waals surface area contributed by atoms with E-state index in [4.69, 9.17) is 0 Å². The molecule has 2 aromatic carbocycles. The highest BCUT2D eigenvalue weighted by Gasteiger charge is 2.41. The first-order chi connectivity index (χ1) is 15.2. The molecule has 0 aliphatic heterocycles. The summed E-state index contributed by atoms with van der Waals surface area (Å²) < 4.78 is 44.8. The van der Waals surface area contributed by atoms with E-state index in [1.54, 1.807) is 25.1 Å². The molecule has 0 amide bonds. The molecule has 0 bridgehead atoms. The molecule has 0 saturated heterocycles. The van der Waals surface area contributed by atoms with Gasteiger partial charge < -0.3 is 0 Å². The van der Waals surface area contributed by atoms with Gasteiger partial charge in [-0.3, -0.25) is 4.57 Å². The van der Waals surface area contributed by atoms with Gasteiger partial charge in [-0.15, -0.1) is 10.2 Å². The number of fused-ring (bicyclic) bond motifs is 1. The summed E-state index contributed by atoms with van der Waals surface area (Å²) >= 11 is 1.24. The molecule has 0 atom stereocenters. The fourth-order valence-corrected chi connectivity index (χ4v) is 5.74. The highest BCUT2D eigenvalue weighted by Crippen LogP contribution is 2.36. The lowest BCUT2D eigenvalue weighted by molar-refractivity contribution is 0.558. The summed E-state index contributed by atoms with van der Waals surface area (Å²) in [5.74, 6) is -0.362. The van der Waals surface area contributed by atoms with Crippen LogP contribution in [0.15, 0.2) is 52.2 Å². The van der Waals surface area contributed by atoms with Crippen LogP contribution in [0.3, 0.4) is 0 Å². The van der Waals surface area contributed by atoms with Gasteiger partial charge in [0, 0.05) is 5.54 Å². The molecule has 1 saturated carbocycles. The average molecular weight is 474 g/mol. The van der Waals surface area contributed by atoms with Crippen LogP contribution in [0.4, 0.5) is 4.39 Å². The predicted molar refractivity (Wildman–Crippen MR) is 119 cm³/mol. The van der Waals surface area contributed by atoms with Crippen molar-refractivity contribution >= 4 is 32.4 Å². The Balaban J connectivity index is 1.68. The summed E-state index contributed by atoms with van der Waals surface area (Å²) in [5, 5.41) is 9.13. The molecule has 4 aromatic rings. The molecule has 8 nitrogen and oxygen atoms in total. The van der Waals surface area contributed by atoms with E-state index in [-0.39, 0.29) is 22.9 Å². The summed E-state index contributed by atoms with van der Waals surface area (Å²) in [7, 11) is -3.76. The van der Waals surface area contributed by atoms with Gasteiger partial charge in [-0.2, -0.15) is 0 Å². The van der Waals surface area contributed by atoms with Gasteiger partial charge in [0.05, 0.1) is 22.5 Å². The lowest BCUT2D eigenvalue weighted by Gasteiger charge is -2.12. The first-order valence-electron chi connectivity index (χ1n) is 9.99. The van der Waals surface area contributed by atoms with Crippen molar-refractivity contribution in [1.29, 1.82) is 0 Å². The predicted octanol–water partition coefficient (Wildman–Crippen LogP) is 2.97. The molecule has 2 heterocycles. The monoisotopic (exact) mass is 473 g/mol. The molecule has 11 heteroatoms. The third-order valence-electron chi connectivity index (χ3n) is 5.55. The average Bonchev–Trinajstić information content (AvgIpc) is 3.19. The maximum absolute atomic E-state index is 13.4. The van der Waals surface area contributed by atoms with Crippen LogP contribution in [0.5, 0.6) is 0 Å². The minimum atomic E-state index is -3.76. The number of sulfonamides is 1. The Morgan fingerprint density at radius 3 is 2.47 bits per heavy atom. The summed E-state index contributed by atoms with van der Waals surface area (Å²) in [4.78, 5) is 13.5. The number of hydrogen-bond acceptors (Lipinski definition) is 6. The number of hydrogen-bond donors (Lipinski definition) is 1. The molecule has 1 aliphatic rings. The molecule has 166 valence electrons. The number of imidazole rings is 1. The molecular formula is C21H20FN5O3S2. The molecule has 5 rings (SSSR count). The Bertz CT molecular complexity index is 1500. The fraction of sp³-hybridized carbons (Fsp3) is 0.286. The third-order valence-corrected chi connectivity index (χ3v) is 8.01. The Labute approximate surface area is 187 Å². The smallest absolute Gasteiger partial charge is 0.287 e. The van der Waals surface area contributed by atoms with Crippen LogP contribution in [-0.4, -0.2) is 33.3 Å². The fourth-order valence-electron chi connectivity index (χ4n) is 3.56. The van der Waals surface area contributed by atoms with Crippen LogP contribution in [0.1, 0.15) is 30.3 Å². The largest absolute Gasteiger partial charge is 0.335 e. The molecule has 1 fully saturated rings. The van der Waals surface area contributed by atoms with E-state index >= 15 is 0 Å². The number of halogens is 1. The number of nitrogens with zero attached hydrogens (tertiary/aromatic N) is 4. The molecule has 1 aliphatic carbocycles. The topological polar surface area (TPSA) is 98.9 Å². The van der Waals surface area contributed by atoms with Crippen molar-refractivity contribution in [3.8, 4) is 5.13 Å². The second kappa shape index (κ2) is 7.32. The highest BCUT2D eigenvalue weighted by atomic mass is 32.2. The zero-order chi connectivity index (χ0) is 22.7. The van der Waals surface area contributed by atoms with Crippen LogP contribution in [0, 0.1) is 12.7 Å². The van der Waals surface area contributed by atoms with Crippen molar-refractivity contribution in [3.63, 3.8) is 0 Å². The van der Waals surface area contributed by atoms with Gasteiger partial charge in [0.15, 0.2) is 0 Å². The first-order valence-corrected chi connectivity index (χ1v) is 12.3. The first kappa shape index (κ1) is 21.0. The number of nitrogens with one attached hydrogen (secondary N) is 1. The normalized spacial score (nSPS) is 15.3. The Hall–Kier alpha value is -2.89. The van der Waals surface area contributed by atoms with Gasteiger partial charge in [-0.05, 0) is 62.6 Å². The Kier molecular flexibility index (Phi) is 4.80. The van der Waals surface area contributed by atoms with Gasteiger partial charge in [0.2, 0.25) is 15.2 Å². The standard InChI is InChI=1S/C21H20FN5O3S2/c1-13-23-24-19(31-13)27-18-11-16(32(29,30)25-21(2)9-10-21)7-8-17(18)26(20(27)28)12-14-3-5-15(22)6-4-14/h3-8,11,25H,9-10,12H2,1-2H3. The van der Waals surface area contributed by atoms with Crippen LogP contribution in [-0.2, 0) is 16.6 Å². The molecule has 0 radical (unpaired) electrons. The molecule has 32 heavy (non-hydrogen) atoms. The van der Waals surface area contributed by atoms with E-state index < -0.39 is 15.6 Å². The summed E-state index contributed by atoms with van der Waals surface area (Å²) in [6.45, 7) is 3.84. The number of benzene rings is 2. The van der Waals surface area contributed by atoms with Crippen LogP contribution >= 0.6 is 11.3 Å². The van der Waals surface area contributed by atoms with Crippen molar-refractivity contribution in [3.05, 3.63) is 69.3 Å². The van der Waals surface area contributed by atoms with Gasteiger partial charge in [-0.25, -0.2) is 26.9 Å². The van der Waals surface area contributed by atoms with Crippen LogP contribution in [0.2, 0.25) is 0 Å². The van der Waals surface area contributed by atoms with E-state index in [2.05, 4.69) is 14.9 Å². The molecule has 1 N–H and O–H groups in total.